The number of alkyl halides is 3. The van der Waals surface area contributed by atoms with Crippen LogP contribution in [0.2, 0.25) is 5.02 Å². The molecule has 0 saturated carbocycles. The molecule has 1 amide bonds. The van der Waals surface area contributed by atoms with Crippen molar-refractivity contribution in [3.8, 4) is 17.4 Å². The lowest BCUT2D eigenvalue weighted by Gasteiger charge is -2.18. The van der Waals surface area contributed by atoms with E-state index in [4.69, 9.17) is 21.1 Å². The summed E-state index contributed by atoms with van der Waals surface area (Å²) in [7, 11) is 1.37. The molecule has 0 saturated heterocycles. The van der Waals surface area contributed by atoms with Gasteiger partial charge in [-0.15, -0.1) is 0 Å². The van der Waals surface area contributed by atoms with Crippen LogP contribution in [0.1, 0.15) is 33.5 Å². The highest BCUT2D eigenvalue weighted by molar-refractivity contribution is 6.32. The number of nitrogens with zero attached hydrogens (tertiary/aromatic N) is 1. The molecular weight excluding hydrogens is 483 g/mol. The van der Waals surface area contributed by atoms with Gasteiger partial charge in [0.15, 0.2) is 11.6 Å². The summed E-state index contributed by atoms with van der Waals surface area (Å²) in [5, 5.41) is 1.74. The molecule has 0 unspecified atom stereocenters. The van der Waals surface area contributed by atoms with E-state index >= 15 is 0 Å². The van der Waals surface area contributed by atoms with Gasteiger partial charge in [0.1, 0.15) is 11.6 Å². The maximum Gasteiger partial charge on any atom is 0.417 e. The van der Waals surface area contributed by atoms with Crippen molar-refractivity contribution in [3.63, 3.8) is 0 Å². The minimum absolute atomic E-state index is 0.184. The third kappa shape index (κ3) is 4.63. The molecule has 1 heterocycles. The van der Waals surface area contributed by atoms with Crippen molar-refractivity contribution in [2.45, 2.75) is 25.4 Å². The molecule has 1 aromatic heterocycles. The largest absolute Gasteiger partial charge is 0.481 e. The molecule has 11 heteroatoms. The molecule has 34 heavy (non-hydrogen) atoms. The number of rotatable bonds is 5. The zero-order valence-electron chi connectivity index (χ0n) is 17.5. The first-order valence-electron chi connectivity index (χ1n) is 9.98. The average molecular weight is 499 g/mol. The number of carbonyl (C=O) groups excluding carboxylic acids is 1. The van der Waals surface area contributed by atoms with Gasteiger partial charge in [-0.25, -0.2) is 13.8 Å². The summed E-state index contributed by atoms with van der Waals surface area (Å²) in [4.78, 5) is 16.9. The second kappa shape index (κ2) is 9.09. The number of carbonyl (C=O) groups is 1. The Morgan fingerprint density at radius 3 is 2.53 bits per heavy atom. The summed E-state index contributed by atoms with van der Waals surface area (Å²) < 4.78 is 79.8. The maximum atomic E-state index is 14.6. The van der Waals surface area contributed by atoms with Crippen molar-refractivity contribution < 1.29 is 36.2 Å². The van der Waals surface area contributed by atoms with Crippen LogP contribution < -0.4 is 14.8 Å². The Morgan fingerprint density at radius 2 is 1.82 bits per heavy atom. The predicted molar refractivity (Wildman–Crippen MR) is 114 cm³/mol. The number of halogens is 6. The van der Waals surface area contributed by atoms with E-state index in [0.29, 0.717) is 25.0 Å². The normalized spacial score (nSPS) is 12.9. The summed E-state index contributed by atoms with van der Waals surface area (Å²) in [5.41, 5.74) is -0.982. The van der Waals surface area contributed by atoms with Crippen molar-refractivity contribution in [1.82, 2.24) is 4.98 Å². The molecule has 4 rings (SSSR count). The van der Waals surface area contributed by atoms with E-state index < -0.39 is 45.8 Å². The monoisotopic (exact) mass is 498 g/mol. The first-order chi connectivity index (χ1) is 16.1. The van der Waals surface area contributed by atoms with Crippen molar-refractivity contribution in [2.75, 3.05) is 12.4 Å². The van der Waals surface area contributed by atoms with Crippen LogP contribution >= 0.6 is 11.6 Å². The third-order valence-corrected chi connectivity index (χ3v) is 5.60. The van der Waals surface area contributed by atoms with Gasteiger partial charge in [-0.1, -0.05) is 11.6 Å². The lowest BCUT2D eigenvalue weighted by Crippen LogP contribution is -2.15. The molecule has 0 radical (unpaired) electrons. The van der Waals surface area contributed by atoms with Gasteiger partial charge in [-0.3, -0.25) is 4.79 Å². The molecule has 0 aliphatic heterocycles. The molecule has 1 aliphatic carbocycles. The molecule has 0 bridgehead atoms. The Bertz CT molecular complexity index is 1280. The Balaban J connectivity index is 1.80. The second-order valence-corrected chi connectivity index (χ2v) is 7.86. The fourth-order valence-electron chi connectivity index (χ4n) is 3.72. The number of fused-ring (bicyclic) bond motifs is 1. The molecule has 0 spiro atoms. The van der Waals surface area contributed by atoms with Crippen molar-refractivity contribution in [1.29, 1.82) is 0 Å². The molecule has 178 valence electrons. The molecule has 0 fully saturated rings. The maximum absolute atomic E-state index is 14.6. The van der Waals surface area contributed by atoms with Gasteiger partial charge in [0.25, 0.3) is 5.91 Å². The summed E-state index contributed by atoms with van der Waals surface area (Å²) >= 11 is 5.82. The Hall–Kier alpha value is -3.40. The van der Waals surface area contributed by atoms with E-state index in [1.807, 2.05) is 0 Å². The number of aromatic nitrogens is 1. The van der Waals surface area contributed by atoms with Crippen molar-refractivity contribution >= 4 is 23.2 Å². The van der Waals surface area contributed by atoms with Crippen LogP contribution in [0.4, 0.5) is 27.6 Å². The topological polar surface area (TPSA) is 60.5 Å². The quantitative estimate of drug-likeness (QED) is 0.404. The molecule has 2 aromatic carbocycles. The van der Waals surface area contributed by atoms with Gasteiger partial charge >= 0.3 is 6.18 Å². The van der Waals surface area contributed by atoms with E-state index in [2.05, 4.69) is 10.3 Å². The first-order valence-corrected chi connectivity index (χ1v) is 10.4. The number of benzene rings is 2. The van der Waals surface area contributed by atoms with E-state index in [-0.39, 0.29) is 34.7 Å². The second-order valence-electron chi connectivity index (χ2n) is 7.45. The molecule has 1 aliphatic rings. The van der Waals surface area contributed by atoms with Crippen molar-refractivity contribution in [3.05, 3.63) is 75.4 Å². The number of methoxy groups -OCH3 is 1. The number of ether oxygens (including phenoxy) is 2. The number of anilines is 1. The van der Waals surface area contributed by atoms with Crippen LogP contribution in [0.5, 0.6) is 17.4 Å². The number of hydrogen-bond donors (Lipinski definition) is 1. The van der Waals surface area contributed by atoms with Gasteiger partial charge in [0, 0.05) is 29.6 Å². The number of amides is 1. The highest BCUT2D eigenvalue weighted by atomic mass is 35.5. The number of nitrogens with one attached hydrogen (secondary N) is 1. The van der Waals surface area contributed by atoms with Gasteiger partial charge < -0.3 is 14.8 Å². The number of hydrogen-bond acceptors (Lipinski definition) is 4. The highest BCUT2D eigenvalue weighted by Gasteiger charge is 2.36. The minimum atomic E-state index is -4.87. The fourth-order valence-corrected chi connectivity index (χ4v) is 3.99. The summed E-state index contributed by atoms with van der Waals surface area (Å²) in [6, 6.07) is 4.74. The number of pyridine rings is 1. The molecular formula is C23H16ClF5N2O3. The Morgan fingerprint density at radius 1 is 1.09 bits per heavy atom. The fraction of sp³-hybridized carbons (Fsp3) is 0.217. The Kier molecular flexibility index (Phi) is 6.35. The van der Waals surface area contributed by atoms with Gasteiger partial charge in [-0.2, -0.15) is 13.2 Å². The SMILES string of the molecule is COc1cc(NC(=O)c2cc(Cl)c(C(F)(F)F)cc2Oc2c(F)cc(F)c3c2CCC3)ccn1. The summed E-state index contributed by atoms with van der Waals surface area (Å²) in [6.45, 7) is 0. The molecule has 1 N–H and O–H groups in total. The zero-order valence-corrected chi connectivity index (χ0v) is 18.3. The smallest absolute Gasteiger partial charge is 0.417 e. The molecule has 0 atom stereocenters. The van der Waals surface area contributed by atoms with Crippen LogP contribution in [0.25, 0.3) is 0 Å². The van der Waals surface area contributed by atoms with Gasteiger partial charge in [-0.05, 0) is 43.0 Å². The van der Waals surface area contributed by atoms with Gasteiger partial charge in [0.2, 0.25) is 5.88 Å². The van der Waals surface area contributed by atoms with E-state index in [1.54, 1.807) is 0 Å². The first kappa shape index (κ1) is 23.7. The van der Waals surface area contributed by atoms with Crippen LogP contribution in [0.15, 0.2) is 36.5 Å². The predicted octanol–water partition coefficient (Wildman–Crippen LogP) is 6.57. The molecule has 3 aromatic rings. The van der Waals surface area contributed by atoms with E-state index in [0.717, 1.165) is 6.07 Å². The third-order valence-electron chi connectivity index (χ3n) is 5.28. The van der Waals surface area contributed by atoms with E-state index in [9.17, 15) is 26.7 Å². The van der Waals surface area contributed by atoms with Gasteiger partial charge in [0.05, 0.1) is 23.3 Å². The minimum Gasteiger partial charge on any atom is -0.481 e. The van der Waals surface area contributed by atoms with Crippen LogP contribution in [0, 0.1) is 11.6 Å². The van der Waals surface area contributed by atoms with Crippen molar-refractivity contribution in [2.24, 2.45) is 0 Å². The van der Waals surface area contributed by atoms with Crippen LogP contribution in [-0.4, -0.2) is 18.0 Å². The zero-order chi connectivity index (χ0) is 24.6. The lowest BCUT2D eigenvalue weighted by atomic mass is 10.1. The molecule has 5 nitrogen and oxygen atoms in total. The lowest BCUT2D eigenvalue weighted by molar-refractivity contribution is -0.137. The van der Waals surface area contributed by atoms with Crippen LogP contribution in [-0.2, 0) is 19.0 Å². The standard InChI is InChI=1S/C23H16ClF5N2O3/c1-33-20-7-11(5-6-30-20)31-22(32)14-8-16(24)15(23(27,28)29)9-19(14)34-21-13-4-2-3-12(13)17(25)10-18(21)26/h5-10H,2-4H2,1H3,(H,30,31,32). The highest BCUT2D eigenvalue weighted by Crippen LogP contribution is 2.43. The average Bonchev–Trinajstić information content (AvgIpc) is 3.27. The van der Waals surface area contributed by atoms with Crippen LogP contribution in [0.3, 0.4) is 0 Å². The summed E-state index contributed by atoms with van der Waals surface area (Å²) in [6.07, 6.45) is -2.38. The van der Waals surface area contributed by atoms with E-state index in [1.165, 1.54) is 25.4 Å². The Labute approximate surface area is 195 Å². The summed E-state index contributed by atoms with van der Waals surface area (Å²) in [5.74, 6) is -3.55.